The number of hydrogen-bond donors (Lipinski definition) is 0. The third kappa shape index (κ3) is 2.41. The van der Waals surface area contributed by atoms with Gasteiger partial charge >= 0.3 is 0 Å². The number of nitro benzene ring substituents is 1. The predicted octanol–water partition coefficient (Wildman–Crippen LogP) is 3.25. The van der Waals surface area contributed by atoms with E-state index >= 15 is 0 Å². The Balaban J connectivity index is 2.03. The Morgan fingerprint density at radius 2 is 1.81 bits per heavy atom. The molecule has 3 rings (SSSR count). The number of nitro groups is 1. The summed E-state index contributed by atoms with van der Waals surface area (Å²) in [6.07, 6.45) is 1.52. The maximum absolute atomic E-state index is 12.4. The van der Waals surface area contributed by atoms with Crippen LogP contribution in [-0.2, 0) is 0 Å². The van der Waals surface area contributed by atoms with Gasteiger partial charge in [-0.15, -0.1) is 0 Å². The van der Waals surface area contributed by atoms with Crippen molar-refractivity contribution in [3.8, 4) is 5.75 Å². The van der Waals surface area contributed by atoms with E-state index in [1.165, 1.54) is 12.1 Å². The first kappa shape index (κ1) is 13.1. The number of ether oxygens (including phenoxy) is 1. The molecule has 0 radical (unpaired) electrons. The third-order valence-electron chi connectivity index (χ3n) is 3.27. The van der Waals surface area contributed by atoms with Crippen LogP contribution in [0.1, 0.15) is 15.9 Å². The van der Waals surface area contributed by atoms with E-state index in [2.05, 4.69) is 0 Å². The first-order valence-electron chi connectivity index (χ1n) is 6.37. The Kier molecular flexibility index (Phi) is 3.23. The fourth-order valence-electron chi connectivity index (χ4n) is 2.24. The van der Waals surface area contributed by atoms with E-state index in [-0.39, 0.29) is 18.1 Å². The lowest BCUT2D eigenvalue weighted by Gasteiger charge is -2.18. The molecule has 104 valence electrons. The molecule has 0 aromatic heterocycles. The molecule has 21 heavy (non-hydrogen) atoms. The number of rotatable bonds is 2. The van der Waals surface area contributed by atoms with Gasteiger partial charge in [0.2, 0.25) is 0 Å². The summed E-state index contributed by atoms with van der Waals surface area (Å²) >= 11 is 0. The summed E-state index contributed by atoms with van der Waals surface area (Å²) in [6.45, 7) is 0.113. The zero-order valence-corrected chi connectivity index (χ0v) is 11.0. The van der Waals surface area contributed by atoms with E-state index in [0.29, 0.717) is 22.4 Å². The van der Waals surface area contributed by atoms with Crippen molar-refractivity contribution in [3.05, 3.63) is 75.3 Å². The Morgan fingerprint density at radius 1 is 1.10 bits per heavy atom. The number of Topliss-reactive ketones (excluding diaryl/α,β-unsaturated/α-hetero) is 1. The van der Waals surface area contributed by atoms with Gasteiger partial charge in [-0.1, -0.05) is 24.3 Å². The summed E-state index contributed by atoms with van der Waals surface area (Å²) in [6, 6.07) is 13.3. The SMILES string of the molecule is O=C1C(=Cc2ccccc2[N+](=O)[O-])COc2ccccc21. The van der Waals surface area contributed by atoms with E-state index in [1.807, 2.05) is 0 Å². The van der Waals surface area contributed by atoms with Gasteiger partial charge in [0.25, 0.3) is 5.69 Å². The van der Waals surface area contributed by atoms with E-state index < -0.39 is 4.92 Å². The molecule has 0 saturated heterocycles. The van der Waals surface area contributed by atoms with Gasteiger partial charge in [0.05, 0.1) is 16.1 Å². The van der Waals surface area contributed by atoms with Crippen LogP contribution in [0.2, 0.25) is 0 Å². The average Bonchev–Trinajstić information content (AvgIpc) is 2.51. The van der Waals surface area contributed by atoms with Crippen LogP contribution < -0.4 is 4.74 Å². The minimum absolute atomic E-state index is 0.0309. The highest BCUT2D eigenvalue weighted by atomic mass is 16.6. The van der Waals surface area contributed by atoms with Crippen molar-refractivity contribution < 1.29 is 14.5 Å². The normalized spacial score (nSPS) is 15.4. The van der Waals surface area contributed by atoms with Crippen LogP contribution >= 0.6 is 0 Å². The minimum Gasteiger partial charge on any atom is -0.488 e. The van der Waals surface area contributed by atoms with Gasteiger partial charge in [0.1, 0.15) is 12.4 Å². The highest BCUT2D eigenvalue weighted by Crippen LogP contribution is 2.29. The van der Waals surface area contributed by atoms with E-state index in [1.54, 1.807) is 42.5 Å². The van der Waals surface area contributed by atoms with Crippen LogP contribution in [0.4, 0.5) is 5.69 Å². The molecule has 1 aliphatic heterocycles. The Bertz CT molecular complexity index is 764. The van der Waals surface area contributed by atoms with Crippen LogP contribution in [0, 0.1) is 10.1 Å². The molecule has 5 heteroatoms. The predicted molar refractivity (Wildman–Crippen MR) is 77.3 cm³/mol. The summed E-state index contributed by atoms with van der Waals surface area (Å²) in [5, 5.41) is 11.0. The number of para-hydroxylation sites is 2. The van der Waals surface area contributed by atoms with E-state index in [9.17, 15) is 14.9 Å². The highest BCUT2D eigenvalue weighted by Gasteiger charge is 2.23. The molecule has 0 fully saturated rings. The topological polar surface area (TPSA) is 69.4 Å². The summed E-state index contributed by atoms with van der Waals surface area (Å²) in [5.74, 6) is 0.386. The van der Waals surface area contributed by atoms with Gasteiger partial charge in [0.15, 0.2) is 5.78 Å². The molecule has 0 unspecified atom stereocenters. The largest absolute Gasteiger partial charge is 0.488 e. The maximum atomic E-state index is 12.4. The van der Waals surface area contributed by atoms with E-state index in [0.717, 1.165) is 0 Å². The first-order chi connectivity index (χ1) is 10.2. The fraction of sp³-hybridized carbons (Fsp3) is 0.0625. The van der Waals surface area contributed by atoms with Crippen molar-refractivity contribution in [2.75, 3.05) is 6.61 Å². The highest BCUT2D eigenvalue weighted by molar-refractivity contribution is 6.14. The zero-order chi connectivity index (χ0) is 14.8. The molecular formula is C16H11NO4. The maximum Gasteiger partial charge on any atom is 0.276 e. The molecule has 0 bridgehead atoms. The average molecular weight is 281 g/mol. The van der Waals surface area contributed by atoms with Gasteiger partial charge < -0.3 is 4.74 Å². The molecule has 0 saturated carbocycles. The summed E-state index contributed by atoms with van der Waals surface area (Å²) in [4.78, 5) is 22.9. The van der Waals surface area contributed by atoms with Crippen LogP contribution in [0.25, 0.3) is 6.08 Å². The van der Waals surface area contributed by atoms with Gasteiger partial charge in [-0.25, -0.2) is 0 Å². The first-order valence-corrected chi connectivity index (χ1v) is 6.37. The van der Waals surface area contributed by atoms with Crippen LogP contribution in [0.15, 0.2) is 54.1 Å². The lowest BCUT2D eigenvalue weighted by Crippen LogP contribution is -2.18. The molecule has 1 aliphatic rings. The lowest BCUT2D eigenvalue weighted by molar-refractivity contribution is -0.385. The molecule has 2 aromatic rings. The van der Waals surface area contributed by atoms with Crippen molar-refractivity contribution in [3.63, 3.8) is 0 Å². The monoisotopic (exact) mass is 281 g/mol. The molecule has 1 heterocycles. The van der Waals surface area contributed by atoms with Gasteiger partial charge in [-0.3, -0.25) is 14.9 Å². The zero-order valence-electron chi connectivity index (χ0n) is 11.0. The molecule has 0 amide bonds. The number of hydrogen-bond acceptors (Lipinski definition) is 4. The Morgan fingerprint density at radius 3 is 2.62 bits per heavy atom. The second-order valence-corrected chi connectivity index (χ2v) is 4.60. The van der Waals surface area contributed by atoms with E-state index in [4.69, 9.17) is 4.74 Å². The van der Waals surface area contributed by atoms with Crippen molar-refractivity contribution in [2.45, 2.75) is 0 Å². The second-order valence-electron chi connectivity index (χ2n) is 4.60. The Labute approximate surface area is 120 Å². The number of carbonyl (C=O) groups is 1. The van der Waals surface area contributed by atoms with Crippen molar-refractivity contribution in [1.29, 1.82) is 0 Å². The van der Waals surface area contributed by atoms with Crippen LogP contribution in [0.3, 0.4) is 0 Å². The number of ketones is 1. The molecule has 0 N–H and O–H groups in total. The number of carbonyl (C=O) groups excluding carboxylic acids is 1. The molecule has 2 aromatic carbocycles. The standard InChI is InChI=1S/C16H11NO4/c18-16-12(10-21-15-8-4-2-6-13(15)16)9-11-5-1-3-7-14(11)17(19)20/h1-9H,10H2. The Hall–Kier alpha value is -2.95. The van der Waals surface area contributed by atoms with Crippen molar-refractivity contribution in [1.82, 2.24) is 0 Å². The lowest BCUT2D eigenvalue weighted by atomic mass is 9.98. The summed E-state index contributed by atoms with van der Waals surface area (Å²) < 4.78 is 5.52. The molecule has 0 atom stereocenters. The molecule has 5 nitrogen and oxygen atoms in total. The van der Waals surface area contributed by atoms with Crippen molar-refractivity contribution >= 4 is 17.5 Å². The molecule has 0 spiro atoms. The quantitative estimate of drug-likeness (QED) is 0.481. The van der Waals surface area contributed by atoms with Crippen LogP contribution in [-0.4, -0.2) is 17.3 Å². The van der Waals surface area contributed by atoms with Crippen molar-refractivity contribution in [2.24, 2.45) is 0 Å². The molecule has 0 aliphatic carbocycles. The van der Waals surface area contributed by atoms with Crippen LogP contribution in [0.5, 0.6) is 5.75 Å². The van der Waals surface area contributed by atoms with Gasteiger partial charge in [-0.2, -0.15) is 0 Å². The number of nitrogens with zero attached hydrogens (tertiary/aromatic N) is 1. The minimum atomic E-state index is -0.464. The summed E-state index contributed by atoms with van der Waals surface area (Å²) in [5.41, 5.74) is 1.25. The second kappa shape index (κ2) is 5.20. The number of fused-ring (bicyclic) bond motifs is 1. The fourth-order valence-corrected chi connectivity index (χ4v) is 2.24. The molecular weight excluding hydrogens is 270 g/mol. The summed E-state index contributed by atoms with van der Waals surface area (Å²) in [7, 11) is 0. The van der Waals surface area contributed by atoms with Gasteiger partial charge in [0, 0.05) is 11.6 Å². The third-order valence-corrected chi connectivity index (χ3v) is 3.27. The number of benzene rings is 2. The van der Waals surface area contributed by atoms with Gasteiger partial charge in [-0.05, 0) is 24.3 Å². The smallest absolute Gasteiger partial charge is 0.276 e.